The Morgan fingerprint density at radius 1 is 1.16 bits per heavy atom. The van der Waals surface area contributed by atoms with Crippen LogP contribution in [0.4, 0.5) is 4.39 Å². The van der Waals surface area contributed by atoms with Crippen LogP contribution in [0.3, 0.4) is 0 Å². The lowest BCUT2D eigenvalue weighted by molar-refractivity contribution is 0.105. The van der Waals surface area contributed by atoms with E-state index in [4.69, 9.17) is 21.6 Å². The summed E-state index contributed by atoms with van der Waals surface area (Å²) in [7, 11) is 0. The maximum absolute atomic E-state index is 13.5. The van der Waals surface area contributed by atoms with E-state index in [1.54, 1.807) is 12.1 Å². The van der Waals surface area contributed by atoms with E-state index in [2.05, 4.69) is 0 Å². The van der Waals surface area contributed by atoms with E-state index in [1.165, 1.54) is 18.2 Å². The maximum atomic E-state index is 13.5. The monoisotopic (exact) mass is 275 g/mol. The third-order valence-electron chi connectivity index (χ3n) is 2.59. The molecule has 2 nitrogen and oxygen atoms in total. The number of nitrogens with zero attached hydrogens (tertiary/aromatic N) is 1. The Morgan fingerprint density at radius 3 is 2.74 bits per heavy atom. The van der Waals surface area contributed by atoms with Crippen LogP contribution in [0.25, 0.3) is 0 Å². The van der Waals surface area contributed by atoms with Crippen LogP contribution in [-0.2, 0) is 18.0 Å². The molecule has 0 atom stereocenters. The van der Waals surface area contributed by atoms with Crippen molar-refractivity contribution in [1.29, 1.82) is 5.26 Å². The molecule has 0 aliphatic carbocycles. The second-order valence-electron chi connectivity index (χ2n) is 4.04. The van der Waals surface area contributed by atoms with Gasteiger partial charge in [-0.3, -0.25) is 0 Å². The molecular formula is C15H11ClFNO. The summed E-state index contributed by atoms with van der Waals surface area (Å²) >= 11 is 5.85. The minimum atomic E-state index is -0.370. The van der Waals surface area contributed by atoms with Gasteiger partial charge in [0.1, 0.15) is 5.82 Å². The standard InChI is InChI=1S/C15H11ClFNO/c16-14-3-1-2-12(7-14)9-19-10-13-6-11(8-18)4-5-15(13)17/h1-7H,9-10H2. The van der Waals surface area contributed by atoms with Crippen LogP contribution < -0.4 is 0 Å². The maximum Gasteiger partial charge on any atom is 0.128 e. The lowest BCUT2D eigenvalue weighted by atomic mass is 10.1. The van der Waals surface area contributed by atoms with Gasteiger partial charge in [0.05, 0.1) is 24.8 Å². The van der Waals surface area contributed by atoms with Crippen LogP contribution in [0.1, 0.15) is 16.7 Å². The van der Waals surface area contributed by atoms with Crippen LogP contribution in [0, 0.1) is 17.1 Å². The van der Waals surface area contributed by atoms with Crippen molar-refractivity contribution in [1.82, 2.24) is 0 Å². The van der Waals surface area contributed by atoms with Gasteiger partial charge in [0.2, 0.25) is 0 Å². The lowest BCUT2D eigenvalue weighted by Crippen LogP contribution is -1.97. The fourth-order valence-electron chi connectivity index (χ4n) is 1.66. The molecule has 0 amide bonds. The summed E-state index contributed by atoms with van der Waals surface area (Å²) in [5.74, 6) is -0.370. The Morgan fingerprint density at radius 2 is 2.00 bits per heavy atom. The van der Waals surface area contributed by atoms with Crippen molar-refractivity contribution in [2.75, 3.05) is 0 Å². The van der Waals surface area contributed by atoms with E-state index in [-0.39, 0.29) is 12.4 Å². The van der Waals surface area contributed by atoms with Gasteiger partial charge < -0.3 is 4.74 Å². The zero-order valence-electron chi connectivity index (χ0n) is 10.1. The highest BCUT2D eigenvalue weighted by Crippen LogP contribution is 2.14. The van der Waals surface area contributed by atoms with Crippen LogP contribution in [0.15, 0.2) is 42.5 Å². The van der Waals surface area contributed by atoms with Gasteiger partial charge in [-0.05, 0) is 35.9 Å². The predicted molar refractivity (Wildman–Crippen MR) is 71.1 cm³/mol. The zero-order chi connectivity index (χ0) is 13.7. The van der Waals surface area contributed by atoms with Gasteiger partial charge in [0.25, 0.3) is 0 Å². The summed E-state index contributed by atoms with van der Waals surface area (Å²) < 4.78 is 18.9. The van der Waals surface area contributed by atoms with Crippen molar-refractivity contribution in [3.8, 4) is 6.07 Å². The molecule has 2 aromatic rings. The second kappa shape index (κ2) is 6.33. The van der Waals surface area contributed by atoms with E-state index < -0.39 is 0 Å². The summed E-state index contributed by atoms with van der Waals surface area (Å²) in [5, 5.41) is 9.40. The number of hydrogen-bond acceptors (Lipinski definition) is 2. The molecule has 0 fully saturated rings. The first kappa shape index (κ1) is 13.5. The molecule has 0 radical (unpaired) electrons. The van der Waals surface area contributed by atoms with Crippen LogP contribution in [0.5, 0.6) is 0 Å². The molecule has 2 aromatic carbocycles. The zero-order valence-corrected chi connectivity index (χ0v) is 10.8. The van der Waals surface area contributed by atoms with E-state index in [1.807, 2.05) is 18.2 Å². The third kappa shape index (κ3) is 3.78. The van der Waals surface area contributed by atoms with Crippen LogP contribution in [0.2, 0.25) is 5.02 Å². The van der Waals surface area contributed by atoms with E-state index in [0.29, 0.717) is 22.8 Å². The largest absolute Gasteiger partial charge is 0.372 e. The Bertz CT molecular complexity index is 622. The average Bonchev–Trinajstić information content (AvgIpc) is 2.41. The molecule has 0 aliphatic heterocycles. The van der Waals surface area contributed by atoms with Gasteiger partial charge in [0, 0.05) is 10.6 Å². The van der Waals surface area contributed by atoms with Gasteiger partial charge >= 0.3 is 0 Å². The fraction of sp³-hybridized carbons (Fsp3) is 0.133. The Labute approximate surface area is 116 Å². The molecule has 0 unspecified atom stereocenters. The molecule has 0 heterocycles. The first-order chi connectivity index (χ1) is 9.19. The predicted octanol–water partition coefficient (Wildman–Crippen LogP) is 4.07. The molecule has 2 rings (SSSR count). The van der Waals surface area contributed by atoms with Crippen molar-refractivity contribution in [2.24, 2.45) is 0 Å². The summed E-state index contributed by atoms with van der Waals surface area (Å²) in [6, 6.07) is 13.5. The van der Waals surface area contributed by atoms with Crippen molar-refractivity contribution >= 4 is 11.6 Å². The molecule has 0 aliphatic rings. The molecule has 96 valence electrons. The molecule has 0 spiro atoms. The fourth-order valence-corrected chi connectivity index (χ4v) is 1.87. The smallest absolute Gasteiger partial charge is 0.128 e. The van der Waals surface area contributed by atoms with Gasteiger partial charge in [0.15, 0.2) is 0 Å². The van der Waals surface area contributed by atoms with Crippen molar-refractivity contribution < 1.29 is 9.13 Å². The number of rotatable bonds is 4. The van der Waals surface area contributed by atoms with Crippen molar-refractivity contribution in [3.63, 3.8) is 0 Å². The molecule has 0 saturated carbocycles. The minimum Gasteiger partial charge on any atom is -0.372 e. The molecular weight excluding hydrogens is 265 g/mol. The van der Waals surface area contributed by atoms with Crippen molar-refractivity contribution in [2.45, 2.75) is 13.2 Å². The molecule has 4 heteroatoms. The first-order valence-corrected chi connectivity index (χ1v) is 6.07. The normalized spacial score (nSPS) is 10.2. The Hall–Kier alpha value is -1.89. The van der Waals surface area contributed by atoms with E-state index >= 15 is 0 Å². The number of hydrogen-bond donors (Lipinski definition) is 0. The molecule has 0 N–H and O–H groups in total. The highest BCUT2D eigenvalue weighted by Gasteiger charge is 2.04. The summed E-state index contributed by atoms with van der Waals surface area (Å²) in [4.78, 5) is 0. The first-order valence-electron chi connectivity index (χ1n) is 5.70. The van der Waals surface area contributed by atoms with Crippen LogP contribution >= 0.6 is 11.6 Å². The lowest BCUT2D eigenvalue weighted by Gasteiger charge is -2.06. The van der Waals surface area contributed by atoms with Crippen molar-refractivity contribution in [3.05, 3.63) is 70.0 Å². The average molecular weight is 276 g/mol. The third-order valence-corrected chi connectivity index (χ3v) is 2.83. The highest BCUT2D eigenvalue weighted by atomic mass is 35.5. The quantitative estimate of drug-likeness (QED) is 0.843. The summed E-state index contributed by atoms with van der Waals surface area (Å²) in [6.07, 6.45) is 0. The highest BCUT2D eigenvalue weighted by molar-refractivity contribution is 6.30. The Kier molecular flexibility index (Phi) is 4.51. The van der Waals surface area contributed by atoms with Gasteiger partial charge in [-0.1, -0.05) is 23.7 Å². The topological polar surface area (TPSA) is 33.0 Å². The summed E-state index contributed by atoms with van der Waals surface area (Å²) in [6.45, 7) is 0.463. The van der Waals surface area contributed by atoms with Gasteiger partial charge in [-0.15, -0.1) is 0 Å². The summed E-state index contributed by atoms with van der Waals surface area (Å²) in [5.41, 5.74) is 1.72. The van der Waals surface area contributed by atoms with Crippen LogP contribution in [-0.4, -0.2) is 0 Å². The van der Waals surface area contributed by atoms with Gasteiger partial charge in [-0.2, -0.15) is 5.26 Å². The molecule has 19 heavy (non-hydrogen) atoms. The SMILES string of the molecule is N#Cc1ccc(F)c(COCc2cccc(Cl)c2)c1. The number of nitriles is 1. The van der Waals surface area contributed by atoms with Gasteiger partial charge in [-0.25, -0.2) is 4.39 Å². The molecule has 0 bridgehead atoms. The number of halogens is 2. The molecule has 0 aromatic heterocycles. The van der Waals surface area contributed by atoms with E-state index in [0.717, 1.165) is 5.56 Å². The second-order valence-corrected chi connectivity index (χ2v) is 4.48. The minimum absolute atomic E-state index is 0.119. The number of ether oxygens (including phenoxy) is 1. The number of benzene rings is 2. The molecule has 0 saturated heterocycles. The van der Waals surface area contributed by atoms with E-state index in [9.17, 15) is 4.39 Å². The Balaban J connectivity index is 1.98.